The summed E-state index contributed by atoms with van der Waals surface area (Å²) in [5.74, 6) is -0.169. The Hall–Kier alpha value is -2.80. The Morgan fingerprint density at radius 1 is 1.22 bits per heavy atom. The summed E-state index contributed by atoms with van der Waals surface area (Å²) in [6.07, 6.45) is 7.77. The number of rotatable bonds is 8. The summed E-state index contributed by atoms with van der Waals surface area (Å²) in [6, 6.07) is 5.74. The summed E-state index contributed by atoms with van der Waals surface area (Å²) < 4.78 is 1.68. The molecule has 7 nitrogen and oxygen atoms in total. The monoisotopic (exact) mass is 366 g/mol. The lowest BCUT2D eigenvalue weighted by Gasteiger charge is -2.17. The topological polar surface area (TPSA) is 75.4 Å². The van der Waals surface area contributed by atoms with E-state index in [1.54, 1.807) is 16.9 Å². The number of hydrogen-bond acceptors (Lipinski definition) is 5. The average Bonchev–Trinajstić information content (AvgIpc) is 3.10. The molecule has 27 heavy (non-hydrogen) atoms. The molecule has 1 N–H and O–H groups in total. The van der Waals surface area contributed by atoms with Crippen molar-refractivity contribution >= 4 is 11.6 Å². The molecule has 3 aromatic rings. The summed E-state index contributed by atoms with van der Waals surface area (Å²) >= 11 is 0. The van der Waals surface area contributed by atoms with Crippen LogP contribution in [0.1, 0.15) is 42.4 Å². The van der Waals surface area contributed by atoms with Crippen LogP contribution in [-0.2, 0) is 13.0 Å². The van der Waals surface area contributed by atoms with Gasteiger partial charge in [-0.15, -0.1) is 0 Å². The maximum absolute atomic E-state index is 12.6. The minimum atomic E-state index is -0.169. The Labute approximate surface area is 159 Å². The first-order valence-corrected chi connectivity index (χ1v) is 9.36. The molecular weight excluding hydrogens is 340 g/mol. The maximum atomic E-state index is 12.6. The van der Waals surface area contributed by atoms with Crippen molar-refractivity contribution in [3.05, 3.63) is 59.8 Å². The third kappa shape index (κ3) is 4.68. The molecule has 0 saturated carbocycles. The van der Waals surface area contributed by atoms with Gasteiger partial charge in [0, 0.05) is 48.9 Å². The lowest BCUT2D eigenvalue weighted by atomic mass is 10.1. The van der Waals surface area contributed by atoms with E-state index in [0.29, 0.717) is 17.6 Å². The highest BCUT2D eigenvalue weighted by Gasteiger charge is 2.17. The second-order valence-corrected chi connectivity index (χ2v) is 6.65. The quantitative estimate of drug-likeness (QED) is 0.662. The standard InChI is InChI=1S/C20H26N6O/c1-4-25(5-2)13-16-11-22-19-18(12-23-26(19)14-16)20(27)24-15(3)10-17-8-6-7-9-21-17/h6-9,11-12,14-15H,4-5,10,13H2,1-3H3,(H,24,27). The molecule has 0 spiro atoms. The van der Waals surface area contributed by atoms with Gasteiger partial charge >= 0.3 is 0 Å². The van der Waals surface area contributed by atoms with Crippen molar-refractivity contribution in [1.82, 2.24) is 29.8 Å². The normalized spacial score (nSPS) is 12.4. The number of carbonyl (C=O) groups is 1. The van der Waals surface area contributed by atoms with Crippen molar-refractivity contribution in [2.75, 3.05) is 13.1 Å². The third-order valence-electron chi connectivity index (χ3n) is 4.57. The van der Waals surface area contributed by atoms with Gasteiger partial charge in [0.1, 0.15) is 5.56 Å². The number of pyridine rings is 1. The average molecular weight is 366 g/mol. The zero-order chi connectivity index (χ0) is 19.2. The molecule has 3 aromatic heterocycles. The SMILES string of the molecule is CCN(CC)Cc1cnc2c(C(=O)NC(C)Cc3ccccn3)cnn2c1. The van der Waals surface area contributed by atoms with Crippen molar-refractivity contribution in [2.45, 2.75) is 39.8 Å². The highest BCUT2D eigenvalue weighted by Crippen LogP contribution is 2.11. The van der Waals surface area contributed by atoms with E-state index in [2.05, 4.69) is 39.1 Å². The predicted molar refractivity (Wildman–Crippen MR) is 104 cm³/mol. The van der Waals surface area contributed by atoms with Gasteiger partial charge in [-0.05, 0) is 32.1 Å². The van der Waals surface area contributed by atoms with E-state index < -0.39 is 0 Å². The first-order valence-electron chi connectivity index (χ1n) is 9.36. The number of fused-ring (bicyclic) bond motifs is 1. The van der Waals surface area contributed by atoms with E-state index in [1.807, 2.05) is 37.5 Å². The van der Waals surface area contributed by atoms with E-state index in [0.717, 1.165) is 30.9 Å². The highest BCUT2D eigenvalue weighted by molar-refractivity contribution is 5.99. The van der Waals surface area contributed by atoms with Gasteiger partial charge in [-0.3, -0.25) is 14.7 Å². The van der Waals surface area contributed by atoms with E-state index in [1.165, 1.54) is 0 Å². The summed E-state index contributed by atoms with van der Waals surface area (Å²) in [4.78, 5) is 23.7. The van der Waals surface area contributed by atoms with Gasteiger partial charge in [0.05, 0.1) is 6.20 Å². The molecule has 1 unspecified atom stereocenters. The number of nitrogens with one attached hydrogen (secondary N) is 1. The molecule has 0 bridgehead atoms. The van der Waals surface area contributed by atoms with Crippen LogP contribution in [0.4, 0.5) is 0 Å². The molecule has 1 amide bonds. The molecule has 7 heteroatoms. The zero-order valence-corrected chi connectivity index (χ0v) is 16.1. The molecular formula is C20H26N6O. The molecule has 0 fully saturated rings. The summed E-state index contributed by atoms with van der Waals surface area (Å²) in [7, 11) is 0. The highest BCUT2D eigenvalue weighted by atomic mass is 16.1. The van der Waals surface area contributed by atoms with Crippen LogP contribution in [0.2, 0.25) is 0 Å². The Morgan fingerprint density at radius 3 is 2.74 bits per heavy atom. The summed E-state index contributed by atoms with van der Waals surface area (Å²) in [6.45, 7) is 9.02. The second kappa shape index (κ2) is 8.73. The number of hydrogen-bond donors (Lipinski definition) is 1. The predicted octanol–water partition coefficient (Wildman–Crippen LogP) is 2.33. The zero-order valence-electron chi connectivity index (χ0n) is 16.1. The fourth-order valence-corrected chi connectivity index (χ4v) is 3.05. The number of nitrogens with zero attached hydrogens (tertiary/aromatic N) is 5. The van der Waals surface area contributed by atoms with Gasteiger partial charge in [0.15, 0.2) is 5.65 Å². The van der Waals surface area contributed by atoms with Crippen molar-refractivity contribution < 1.29 is 4.79 Å². The van der Waals surface area contributed by atoms with Crippen molar-refractivity contribution in [2.24, 2.45) is 0 Å². The van der Waals surface area contributed by atoms with Crippen LogP contribution >= 0.6 is 0 Å². The van der Waals surface area contributed by atoms with E-state index >= 15 is 0 Å². The van der Waals surface area contributed by atoms with Crippen LogP contribution in [0.15, 0.2) is 43.0 Å². The van der Waals surface area contributed by atoms with Crippen molar-refractivity contribution in [3.63, 3.8) is 0 Å². The van der Waals surface area contributed by atoms with Crippen LogP contribution in [0.3, 0.4) is 0 Å². The number of amides is 1. The Balaban J connectivity index is 1.69. The Kier molecular flexibility index (Phi) is 6.13. The largest absolute Gasteiger partial charge is 0.349 e. The van der Waals surface area contributed by atoms with Gasteiger partial charge in [-0.1, -0.05) is 19.9 Å². The lowest BCUT2D eigenvalue weighted by Crippen LogP contribution is -2.34. The molecule has 0 saturated heterocycles. The molecule has 0 aliphatic carbocycles. The van der Waals surface area contributed by atoms with Crippen molar-refractivity contribution in [1.29, 1.82) is 0 Å². The van der Waals surface area contributed by atoms with E-state index in [-0.39, 0.29) is 11.9 Å². The van der Waals surface area contributed by atoms with Crippen LogP contribution in [0, 0.1) is 0 Å². The minimum Gasteiger partial charge on any atom is -0.349 e. The summed E-state index contributed by atoms with van der Waals surface area (Å²) in [5, 5.41) is 7.32. The molecule has 3 rings (SSSR count). The Morgan fingerprint density at radius 2 is 2.04 bits per heavy atom. The van der Waals surface area contributed by atoms with Gasteiger partial charge in [0.25, 0.3) is 5.91 Å². The first-order chi connectivity index (χ1) is 13.1. The van der Waals surface area contributed by atoms with Crippen LogP contribution in [-0.4, -0.2) is 49.5 Å². The maximum Gasteiger partial charge on any atom is 0.256 e. The molecule has 0 aliphatic heterocycles. The van der Waals surface area contributed by atoms with Crippen LogP contribution in [0.5, 0.6) is 0 Å². The first kappa shape index (κ1) is 19.0. The molecule has 0 radical (unpaired) electrons. The molecule has 3 heterocycles. The van der Waals surface area contributed by atoms with Gasteiger partial charge in [-0.25, -0.2) is 9.50 Å². The number of carbonyl (C=O) groups excluding carboxylic acids is 1. The fourth-order valence-electron chi connectivity index (χ4n) is 3.05. The van der Waals surface area contributed by atoms with Crippen LogP contribution < -0.4 is 5.32 Å². The Bertz CT molecular complexity index is 888. The second-order valence-electron chi connectivity index (χ2n) is 6.65. The minimum absolute atomic E-state index is 0.0377. The smallest absolute Gasteiger partial charge is 0.256 e. The number of aromatic nitrogens is 4. The van der Waals surface area contributed by atoms with Gasteiger partial charge in [0.2, 0.25) is 0 Å². The molecule has 0 aliphatic rings. The van der Waals surface area contributed by atoms with Gasteiger partial charge in [-0.2, -0.15) is 5.10 Å². The lowest BCUT2D eigenvalue weighted by molar-refractivity contribution is 0.0941. The summed E-state index contributed by atoms with van der Waals surface area (Å²) in [5.41, 5.74) is 3.08. The van der Waals surface area contributed by atoms with Gasteiger partial charge < -0.3 is 5.32 Å². The molecule has 142 valence electrons. The molecule has 1 atom stereocenters. The van der Waals surface area contributed by atoms with E-state index in [9.17, 15) is 4.79 Å². The van der Waals surface area contributed by atoms with Crippen LogP contribution in [0.25, 0.3) is 5.65 Å². The molecule has 0 aromatic carbocycles. The van der Waals surface area contributed by atoms with E-state index in [4.69, 9.17) is 0 Å². The third-order valence-corrected chi connectivity index (χ3v) is 4.57. The fraction of sp³-hybridized carbons (Fsp3) is 0.400. The van der Waals surface area contributed by atoms with Crippen molar-refractivity contribution in [3.8, 4) is 0 Å².